The number of anilines is 1. The Labute approximate surface area is 141 Å². The largest absolute Gasteiger partial charge is 0.298 e. The van der Waals surface area contributed by atoms with E-state index in [9.17, 15) is 13.2 Å². The van der Waals surface area contributed by atoms with E-state index in [1.54, 1.807) is 29.5 Å². The molecule has 3 aromatic rings. The smallest absolute Gasteiger partial charge is 0.250 e. The maximum Gasteiger partial charge on any atom is 0.250 e. The first-order valence-electron chi connectivity index (χ1n) is 6.55. The van der Waals surface area contributed by atoms with E-state index in [2.05, 4.69) is 10.3 Å². The molecule has 3 rings (SSSR count). The molecular weight excluding hydrogens is 352 g/mol. The first kappa shape index (κ1) is 15.9. The highest BCUT2D eigenvalue weighted by atomic mass is 32.2. The van der Waals surface area contributed by atoms with Crippen LogP contribution in [0.1, 0.15) is 4.88 Å². The molecule has 2 aromatic heterocycles. The number of nitrogens with zero attached hydrogens (tertiary/aromatic N) is 1. The lowest BCUT2D eigenvalue weighted by Gasteiger charge is -1.96. The van der Waals surface area contributed by atoms with E-state index in [0.717, 1.165) is 11.1 Å². The fourth-order valence-electron chi connectivity index (χ4n) is 1.88. The number of amides is 1. The Bertz CT molecular complexity index is 986. The van der Waals surface area contributed by atoms with E-state index in [1.807, 2.05) is 17.5 Å². The summed E-state index contributed by atoms with van der Waals surface area (Å²) in [4.78, 5) is 17.4. The molecule has 0 bridgehead atoms. The van der Waals surface area contributed by atoms with Crippen molar-refractivity contribution in [3.63, 3.8) is 0 Å². The van der Waals surface area contributed by atoms with Crippen LogP contribution in [0.4, 0.5) is 5.13 Å². The molecule has 0 aliphatic heterocycles. The van der Waals surface area contributed by atoms with Crippen molar-refractivity contribution in [1.29, 1.82) is 0 Å². The summed E-state index contributed by atoms with van der Waals surface area (Å²) in [7, 11) is -3.26. The predicted molar refractivity (Wildman–Crippen MR) is 94.7 cm³/mol. The third-order valence-electron chi connectivity index (χ3n) is 2.96. The lowest BCUT2D eigenvalue weighted by Crippen LogP contribution is -2.06. The van der Waals surface area contributed by atoms with E-state index < -0.39 is 9.84 Å². The molecule has 0 atom stereocenters. The predicted octanol–water partition coefficient (Wildman–Crippen LogP) is 3.41. The maximum atomic E-state index is 11.9. The van der Waals surface area contributed by atoms with Crippen LogP contribution in [0.5, 0.6) is 0 Å². The molecule has 8 heteroatoms. The molecule has 1 N–H and O–H groups in total. The highest BCUT2D eigenvalue weighted by Crippen LogP contribution is 2.28. The van der Waals surface area contributed by atoms with Crippen LogP contribution in [0.2, 0.25) is 0 Å². The Morgan fingerprint density at radius 1 is 1.30 bits per heavy atom. The van der Waals surface area contributed by atoms with E-state index >= 15 is 0 Å². The average Bonchev–Trinajstić information content (AvgIpc) is 3.12. The van der Waals surface area contributed by atoms with Crippen LogP contribution in [0.15, 0.2) is 46.7 Å². The van der Waals surface area contributed by atoms with Gasteiger partial charge in [-0.05, 0) is 35.7 Å². The van der Waals surface area contributed by atoms with Gasteiger partial charge >= 0.3 is 0 Å². The van der Waals surface area contributed by atoms with Crippen LogP contribution in [0.3, 0.4) is 0 Å². The number of aromatic nitrogens is 1. The third kappa shape index (κ3) is 3.84. The number of hydrogen-bond donors (Lipinski definition) is 1. The van der Waals surface area contributed by atoms with Crippen molar-refractivity contribution in [2.45, 2.75) is 4.90 Å². The molecule has 1 amide bonds. The number of carbonyl (C=O) groups excluding carboxylic acids is 1. The molecule has 23 heavy (non-hydrogen) atoms. The fourth-order valence-corrected chi connectivity index (χ4v) is 4.13. The van der Waals surface area contributed by atoms with Crippen molar-refractivity contribution in [1.82, 2.24) is 4.98 Å². The van der Waals surface area contributed by atoms with Gasteiger partial charge in [0.15, 0.2) is 15.0 Å². The molecule has 0 saturated heterocycles. The molecule has 0 radical (unpaired) electrons. The summed E-state index contributed by atoms with van der Waals surface area (Å²) in [5.74, 6) is -0.277. The molecule has 1 aromatic carbocycles. The van der Waals surface area contributed by atoms with Crippen LogP contribution >= 0.6 is 22.7 Å². The van der Waals surface area contributed by atoms with Gasteiger partial charge in [-0.15, -0.1) is 11.3 Å². The average molecular weight is 364 g/mol. The van der Waals surface area contributed by atoms with Crippen molar-refractivity contribution < 1.29 is 13.2 Å². The van der Waals surface area contributed by atoms with Crippen molar-refractivity contribution >= 4 is 59.8 Å². The van der Waals surface area contributed by atoms with Gasteiger partial charge in [0.25, 0.3) is 0 Å². The molecule has 118 valence electrons. The van der Waals surface area contributed by atoms with Crippen LogP contribution in [-0.2, 0) is 14.6 Å². The normalized spacial score (nSPS) is 12.0. The number of fused-ring (bicyclic) bond motifs is 1. The number of benzene rings is 1. The molecule has 0 unspecified atom stereocenters. The summed E-state index contributed by atoms with van der Waals surface area (Å²) >= 11 is 2.78. The minimum atomic E-state index is -3.26. The molecule has 0 aliphatic carbocycles. The standard InChI is InChI=1S/C15H12N2O3S3/c1-23(19,20)11-5-6-12-13(9-11)22-15(16-12)17-14(18)7-4-10-3-2-8-21-10/h2-9H,1H3,(H,16,17,18). The summed E-state index contributed by atoms with van der Waals surface area (Å²) in [6, 6.07) is 8.55. The van der Waals surface area contributed by atoms with Crippen LogP contribution < -0.4 is 5.32 Å². The van der Waals surface area contributed by atoms with E-state index in [1.165, 1.54) is 23.5 Å². The number of thiophene rings is 1. The topological polar surface area (TPSA) is 76.1 Å². The van der Waals surface area contributed by atoms with Gasteiger partial charge in [-0.3, -0.25) is 10.1 Å². The molecule has 0 saturated carbocycles. The second-order valence-corrected chi connectivity index (χ2v) is 8.78. The summed E-state index contributed by atoms with van der Waals surface area (Å²) in [6.45, 7) is 0. The van der Waals surface area contributed by atoms with Gasteiger partial charge in [-0.25, -0.2) is 13.4 Å². The van der Waals surface area contributed by atoms with Gasteiger partial charge < -0.3 is 0 Å². The highest BCUT2D eigenvalue weighted by molar-refractivity contribution is 7.90. The van der Waals surface area contributed by atoms with E-state index in [-0.39, 0.29) is 10.8 Å². The zero-order valence-corrected chi connectivity index (χ0v) is 14.5. The molecular formula is C15H12N2O3S3. The monoisotopic (exact) mass is 364 g/mol. The zero-order chi connectivity index (χ0) is 16.4. The van der Waals surface area contributed by atoms with Crippen molar-refractivity contribution in [2.24, 2.45) is 0 Å². The SMILES string of the molecule is CS(=O)(=O)c1ccc2nc(NC(=O)C=Cc3cccs3)sc2c1. The van der Waals surface area contributed by atoms with E-state index in [4.69, 9.17) is 0 Å². The van der Waals surface area contributed by atoms with Gasteiger partial charge in [0.2, 0.25) is 5.91 Å². The summed E-state index contributed by atoms with van der Waals surface area (Å²) in [5, 5.41) is 5.06. The van der Waals surface area contributed by atoms with Gasteiger partial charge in [0, 0.05) is 17.2 Å². The summed E-state index contributed by atoms with van der Waals surface area (Å²) in [5.41, 5.74) is 0.653. The Kier molecular flexibility index (Phi) is 4.29. The number of hydrogen-bond acceptors (Lipinski definition) is 6. The van der Waals surface area contributed by atoms with Crippen LogP contribution in [-0.4, -0.2) is 25.6 Å². The fraction of sp³-hybridized carbons (Fsp3) is 0.0667. The Morgan fingerprint density at radius 2 is 2.13 bits per heavy atom. The number of carbonyl (C=O) groups is 1. The first-order chi connectivity index (χ1) is 10.9. The summed E-state index contributed by atoms with van der Waals surface area (Å²) in [6.07, 6.45) is 4.34. The zero-order valence-electron chi connectivity index (χ0n) is 12.0. The number of sulfone groups is 1. The van der Waals surface area contributed by atoms with Gasteiger partial charge in [-0.1, -0.05) is 17.4 Å². The quantitative estimate of drug-likeness (QED) is 0.720. The lowest BCUT2D eigenvalue weighted by atomic mass is 10.3. The lowest BCUT2D eigenvalue weighted by molar-refractivity contribution is -0.111. The van der Waals surface area contributed by atoms with Crippen molar-refractivity contribution in [3.05, 3.63) is 46.7 Å². The molecule has 0 aliphatic rings. The molecule has 2 heterocycles. The van der Waals surface area contributed by atoms with Crippen LogP contribution in [0.25, 0.3) is 16.3 Å². The minimum absolute atomic E-state index is 0.240. The minimum Gasteiger partial charge on any atom is -0.298 e. The van der Waals surface area contributed by atoms with Crippen molar-refractivity contribution in [2.75, 3.05) is 11.6 Å². The Morgan fingerprint density at radius 3 is 2.83 bits per heavy atom. The van der Waals surface area contributed by atoms with Gasteiger partial charge in [-0.2, -0.15) is 0 Å². The number of thiazole rings is 1. The maximum absolute atomic E-state index is 11.9. The van der Waals surface area contributed by atoms with Crippen LogP contribution in [0, 0.1) is 0 Å². The number of nitrogens with one attached hydrogen (secondary N) is 1. The number of rotatable bonds is 4. The first-order valence-corrected chi connectivity index (χ1v) is 10.1. The summed E-state index contributed by atoms with van der Waals surface area (Å²) < 4.78 is 23.8. The van der Waals surface area contributed by atoms with E-state index in [0.29, 0.717) is 15.3 Å². The van der Waals surface area contributed by atoms with Crippen molar-refractivity contribution in [3.8, 4) is 0 Å². The van der Waals surface area contributed by atoms with Gasteiger partial charge in [0.1, 0.15) is 0 Å². The Balaban J connectivity index is 1.79. The second-order valence-electron chi connectivity index (χ2n) is 4.76. The third-order valence-corrected chi connectivity index (χ3v) is 5.84. The second kappa shape index (κ2) is 6.23. The highest BCUT2D eigenvalue weighted by Gasteiger charge is 2.11. The molecule has 0 spiro atoms. The van der Waals surface area contributed by atoms with Gasteiger partial charge in [0.05, 0.1) is 15.1 Å². The molecule has 5 nitrogen and oxygen atoms in total. The Hall–Kier alpha value is -2.03. The molecule has 0 fully saturated rings.